The summed E-state index contributed by atoms with van der Waals surface area (Å²) < 4.78 is 39.0. The van der Waals surface area contributed by atoms with Crippen LogP contribution in [0.1, 0.15) is 32.3 Å². The number of halogens is 2. The van der Waals surface area contributed by atoms with Crippen LogP contribution in [0.25, 0.3) is 22.5 Å². The fourth-order valence-corrected chi connectivity index (χ4v) is 5.00. The van der Waals surface area contributed by atoms with Crippen molar-refractivity contribution in [1.82, 2.24) is 14.7 Å². The number of aromatic nitrogens is 2. The van der Waals surface area contributed by atoms with E-state index in [1.807, 2.05) is 53.2 Å². The Morgan fingerprint density at radius 3 is 2.59 bits per heavy atom. The van der Waals surface area contributed by atoms with Gasteiger partial charge in [0.1, 0.15) is 5.75 Å². The van der Waals surface area contributed by atoms with Gasteiger partial charge in [0.05, 0.1) is 24.5 Å². The summed E-state index contributed by atoms with van der Waals surface area (Å²) in [5.41, 5.74) is 3.88. The van der Waals surface area contributed by atoms with Crippen molar-refractivity contribution in [3.8, 4) is 28.3 Å². The van der Waals surface area contributed by atoms with Crippen molar-refractivity contribution in [3.63, 3.8) is 0 Å². The number of hydrogen-bond acceptors (Lipinski definition) is 5. The predicted molar refractivity (Wildman–Crippen MR) is 140 cm³/mol. The standard InChI is InChI=1S/C29H37F2N3O3/c1-29(2,20-35)24-10-7-13-33(19-24)18-23-12-11-22(16-27(23)37-28(30)31)25-17-26(21-8-5-4-6-9-21)34(32-25)14-15-36-3/h4-6,8-9,11-12,16-17,24,28,35H,7,10,13-15,18-20H2,1-3H3/t24-/m0/s1. The van der Waals surface area contributed by atoms with Crippen LogP contribution >= 0.6 is 0 Å². The second kappa shape index (κ2) is 12.2. The Morgan fingerprint density at radius 2 is 1.89 bits per heavy atom. The lowest BCUT2D eigenvalue weighted by molar-refractivity contribution is -0.0509. The number of likely N-dealkylation sites (tertiary alicyclic amines) is 1. The van der Waals surface area contributed by atoms with Crippen LogP contribution in [0.4, 0.5) is 8.78 Å². The van der Waals surface area contributed by atoms with E-state index in [2.05, 4.69) is 18.7 Å². The Bertz CT molecular complexity index is 1150. The zero-order valence-corrected chi connectivity index (χ0v) is 21.9. The van der Waals surface area contributed by atoms with E-state index < -0.39 is 6.61 Å². The van der Waals surface area contributed by atoms with Gasteiger partial charge < -0.3 is 14.6 Å². The third-order valence-corrected chi connectivity index (χ3v) is 7.35. The lowest BCUT2D eigenvalue weighted by Gasteiger charge is -2.40. The number of alkyl halides is 2. The quantitative estimate of drug-likeness (QED) is 0.357. The number of hydrogen-bond donors (Lipinski definition) is 1. The summed E-state index contributed by atoms with van der Waals surface area (Å²) in [4.78, 5) is 2.27. The number of methoxy groups -OCH3 is 1. The molecular weight excluding hydrogens is 476 g/mol. The molecule has 200 valence electrons. The topological polar surface area (TPSA) is 59.8 Å². The number of rotatable bonds is 11. The van der Waals surface area contributed by atoms with Crippen molar-refractivity contribution in [2.24, 2.45) is 11.3 Å². The molecule has 0 bridgehead atoms. The first-order valence-electron chi connectivity index (χ1n) is 12.8. The Morgan fingerprint density at radius 1 is 1.11 bits per heavy atom. The number of benzene rings is 2. The minimum atomic E-state index is -2.92. The van der Waals surface area contributed by atoms with Crippen LogP contribution < -0.4 is 4.74 Å². The molecule has 1 N–H and O–H groups in total. The summed E-state index contributed by atoms with van der Waals surface area (Å²) in [5, 5.41) is 14.6. The lowest BCUT2D eigenvalue weighted by Crippen LogP contribution is -2.42. The molecule has 0 radical (unpaired) electrons. The number of aliphatic hydroxyl groups excluding tert-OH is 1. The van der Waals surface area contributed by atoms with Crippen LogP contribution in [0.3, 0.4) is 0 Å². The first-order valence-corrected chi connectivity index (χ1v) is 12.8. The van der Waals surface area contributed by atoms with Gasteiger partial charge in [0, 0.05) is 37.9 Å². The van der Waals surface area contributed by atoms with Crippen LogP contribution in [-0.4, -0.2) is 59.8 Å². The molecular formula is C29H37F2N3O3. The van der Waals surface area contributed by atoms with Crippen LogP contribution in [0, 0.1) is 11.3 Å². The molecule has 0 unspecified atom stereocenters. The van der Waals surface area contributed by atoms with E-state index in [-0.39, 0.29) is 17.8 Å². The van der Waals surface area contributed by atoms with E-state index in [9.17, 15) is 13.9 Å². The molecule has 0 spiro atoms. The molecule has 1 aliphatic heterocycles. The maximum Gasteiger partial charge on any atom is 0.387 e. The van der Waals surface area contributed by atoms with Gasteiger partial charge in [-0.3, -0.25) is 9.58 Å². The average Bonchev–Trinajstić information content (AvgIpc) is 3.33. The van der Waals surface area contributed by atoms with Gasteiger partial charge in [0.15, 0.2) is 0 Å². The van der Waals surface area contributed by atoms with Gasteiger partial charge in [-0.15, -0.1) is 0 Å². The van der Waals surface area contributed by atoms with Crippen LogP contribution in [0.15, 0.2) is 54.6 Å². The van der Waals surface area contributed by atoms with Crippen molar-refractivity contribution < 1.29 is 23.4 Å². The summed E-state index contributed by atoms with van der Waals surface area (Å²) in [5.74, 6) is 0.515. The highest BCUT2D eigenvalue weighted by Crippen LogP contribution is 2.36. The van der Waals surface area contributed by atoms with Gasteiger partial charge in [0.25, 0.3) is 0 Å². The highest BCUT2D eigenvalue weighted by Gasteiger charge is 2.33. The largest absolute Gasteiger partial charge is 0.434 e. The summed E-state index contributed by atoms with van der Waals surface area (Å²) in [7, 11) is 1.65. The van der Waals surface area contributed by atoms with E-state index in [4.69, 9.17) is 14.6 Å². The fraction of sp³-hybridized carbons (Fsp3) is 0.483. The Kier molecular flexibility index (Phi) is 8.95. The summed E-state index contributed by atoms with van der Waals surface area (Å²) in [6.07, 6.45) is 2.07. The molecule has 8 heteroatoms. The van der Waals surface area contributed by atoms with E-state index in [1.54, 1.807) is 13.2 Å². The second-order valence-corrected chi connectivity index (χ2v) is 10.4. The van der Waals surface area contributed by atoms with Gasteiger partial charge in [-0.25, -0.2) is 0 Å². The van der Waals surface area contributed by atoms with Gasteiger partial charge in [-0.05, 0) is 48.4 Å². The highest BCUT2D eigenvalue weighted by atomic mass is 19.3. The smallest absolute Gasteiger partial charge is 0.387 e. The normalized spacial score (nSPS) is 16.9. The second-order valence-electron chi connectivity index (χ2n) is 10.4. The molecule has 37 heavy (non-hydrogen) atoms. The van der Waals surface area contributed by atoms with E-state index >= 15 is 0 Å². The molecule has 4 rings (SSSR count). The lowest BCUT2D eigenvalue weighted by atomic mass is 9.75. The van der Waals surface area contributed by atoms with Crippen LogP contribution in [0.5, 0.6) is 5.75 Å². The molecule has 2 aromatic carbocycles. The number of aliphatic hydroxyl groups is 1. The third-order valence-electron chi connectivity index (χ3n) is 7.35. The molecule has 1 saturated heterocycles. The zero-order valence-electron chi connectivity index (χ0n) is 21.9. The van der Waals surface area contributed by atoms with Crippen molar-refractivity contribution in [2.75, 3.05) is 33.4 Å². The Labute approximate surface area is 217 Å². The summed E-state index contributed by atoms with van der Waals surface area (Å²) >= 11 is 0. The minimum absolute atomic E-state index is 0.127. The number of ether oxygens (including phenoxy) is 2. The predicted octanol–water partition coefficient (Wildman–Crippen LogP) is 5.70. The minimum Gasteiger partial charge on any atom is -0.434 e. The van der Waals surface area contributed by atoms with Gasteiger partial charge in [-0.2, -0.15) is 13.9 Å². The zero-order chi connectivity index (χ0) is 26.4. The monoisotopic (exact) mass is 513 g/mol. The van der Waals surface area contributed by atoms with E-state index in [0.717, 1.165) is 37.2 Å². The molecule has 0 saturated carbocycles. The van der Waals surface area contributed by atoms with Crippen molar-refractivity contribution in [2.45, 2.75) is 46.4 Å². The molecule has 2 heterocycles. The molecule has 1 fully saturated rings. The summed E-state index contributed by atoms with van der Waals surface area (Å²) in [6, 6.07) is 17.4. The first kappa shape index (κ1) is 27.2. The molecule has 0 aliphatic carbocycles. The van der Waals surface area contributed by atoms with Crippen molar-refractivity contribution >= 4 is 0 Å². The van der Waals surface area contributed by atoms with Crippen LogP contribution in [-0.2, 0) is 17.8 Å². The maximum atomic E-state index is 13.4. The van der Waals surface area contributed by atoms with E-state index in [1.165, 1.54) is 0 Å². The summed E-state index contributed by atoms with van der Waals surface area (Å²) in [6.45, 7) is 4.65. The molecule has 1 atom stereocenters. The fourth-order valence-electron chi connectivity index (χ4n) is 5.00. The van der Waals surface area contributed by atoms with Gasteiger partial charge in [0.2, 0.25) is 0 Å². The Hall–Kier alpha value is -2.81. The van der Waals surface area contributed by atoms with Crippen molar-refractivity contribution in [1.29, 1.82) is 0 Å². The number of piperidine rings is 1. The number of nitrogens with zero attached hydrogens (tertiary/aromatic N) is 3. The first-order chi connectivity index (χ1) is 17.8. The SMILES string of the molecule is COCCn1nc(-c2ccc(CN3CCC[C@H](C(C)(C)CO)C3)c(OC(F)F)c2)cc1-c1ccccc1. The molecule has 1 aliphatic rings. The molecule has 0 amide bonds. The highest BCUT2D eigenvalue weighted by molar-refractivity contribution is 5.70. The van der Waals surface area contributed by atoms with Crippen molar-refractivity contribution in [3.05, 3.63) is 60.2 Å². The average molecular weight is 514 g/mol. The third kappa shape index (κ3) is 6.74. The van der Waals surface area contributed by atoms with Gasteiger partial charge >= 0.3 is 6.61 Å². The molecule has 3 aromatic rings. The molecule has 1 aromatic heterocycles. The van der Waals surface area contributed by atoms with Gasteiger partial charge in [-0.1, -0.05) is 56.3 Å². The van der Waals surface area contributed by atoms with E-state index in [0.29, 0.717) is 42.4 Å². The van der Waals surface area contributed by atoms with Crippen LogP contribution in [0.2, 0.25) is 0 Å². The Balaban J connectivity index is 1.62. The molecule has 6 nitrogen and oxygen atoms in total. The maximum absolute atomic E-state index is 13.4.